The number of rotatable bonds is 4. The van der Waals surface area contributed by atoms with Crippen molar-refractivity contribution in [3.63, 3.8) is 0 Å². The van der Waals surface area contributed by atoms with Gasteiger partial charge in [0.05, 0.1) is 12.7 Å². The van der Waals surface area contributed by atoms with E-state index in [2.05, 4.69) is 14.9 Å². The van der Waals surface area contributed by atoms with E-state index >= 15 is 0 Å². The van der Waals surface area contributed by atoms with Gasteiger partial charge < -0.3 is 9.64 Å². The Morgan fingerprint density at radius 2 is 1.96 bits per heavy atom. The van der Waals surface area contributed by atoms with Crippen molar-refractivity contribution in [2.24, 2.45) is 0 Å². The van der Waals surface area contributed by atoms with E-state index in [9.17, 15) is 4.79 Å². The Labute approximate surface area is 142 Å². The molecule has 0 bridgehead atoms. The molecule has 1 fully saturated rings. The van der Waals surface area contributed by atoms with E-state index in [0.717, 1.165) is 30.2 Å². The van der Waals surface area contributed by atoms with Crippen molar-refractivity contribution in [1.82, 2.24) is 9.97 Å². The van der Waals surface area contributed by atoms with Gasteiger partial charge in [-0.3, -0.25) is 0 Å². The van der Waals surface area contributed by atoms with E-state index in [1.807, 2.05) is 37.3 Å². The molecule has 3 rings (SSSR count). The van der Waals surface area contributed by atoms with Crippen LogP contribution < -0.4 is 4.90 Å². The third-order valence-electron chi connectivity index (χ3n) is 4.02. The molecule has 1 aromatic heterocycles. The molecule has 0 N–H and O–H groups in total. The van der Waals surface area contributed by atoms with Gasteiger partial charge in [0.1, 0.15) is 5.82 Å². The minimum absolute atomic E-state index is 0.339. The van der Waals surface area contributed by atoms with Gasteiger partial charge in [-0.2, -0.15) is 0 Å². The van der Waals surface area contributed by atoms with Crippen molar-refractivity contribution in [2.75, 3.05) is 25.1 Å². The van der Waals surface area contributed by atoms with Crippen LogP contribution in [0.5, 0.6) is 0 Å². The van der Waals surface area contributed by atoms with Gasteiger partial charge in [-0.15, -0.1) is 0 Å². The first-order valence-electron chi connectivity index (χ1n) is 8.13. The highest BCUT2D eigenvalue weighted by Gasteiger charge is 2.14. The van der Waals surface area contributed by atoms with Crippen LogP contribution in [0.3, 0.4) is 0 Å². The second-order valence-corrected chi connectivity index (χ2v) is 5.87. The molecular weight excluding hydrogens is 302 g/mol. The van der Waals surface area contributed by atoms with E-state index in [4.69, 9.17) is 4.74 Å². The minimum atomic E-state index is -0.339. The Bertz CT molecular complexity index is 765. The van der Waals surface area contributed by atoms with Crippen molar-refractivity contribution < 1.29 is 9.53 Å². The fourth-order valence-electron chi connectivity index (χ4n) is 2.82. The highest BCUT2D eigenvalue weighted by atomic mass is 16.5. The summed E-state index contributed by atoms with van der Waals surface area (Å²) in [5, 5.41) is 0. The molecule has 0 radical (unpaired) electrons. The lowest BCUT2D eigenvalue weighted by Gasteiger charge is -2.16. The average Bonchev–Trinajstić information content (AvgIpc) is 3.14. The van der Waals surface area contributed by atoms with Gasteiger partial charge in [0, 0.05) is 24.8 Å². The van der Waals surface area contributed by atoms with Gasteiger partial charge in [-0.05, 0) is 43.5 Å². The van der Waals surface area contributed by atoms with E-state index in [-0.39, 0.29) is 5.97 Å². The number of methoxy groups -OCH3 is 1. The molecule has 124 valence electrons. The number of hydrogen-bond donors (Lipinski definition) is 0. The zero-order valence-corrected chi connectivity index (χ0v) is 14.0. The molecule has 2 heterocycles. The van der Waals surface area contributed by atoms with Crippen molar-refractivity contribution in [3.05, 3.63) is 53.0 Å². The number of nitrogens with zero attached hydrogens (tertiary/aromatic N) is 3. The van der Waals surface area contributed by atoms with Crippen molar-refractivity contribution in [1.29, 1.82) is 0 Å². The van der Waals surface area contributed by atoms with E-state index in [1.165, 1.54) is 20.0 Å². The largest absolute Gasteiger partial charge is 0.465 e. The van der Waals surface area contributed by atoms with Gasteiger partial charge in [0.2, 0.25) is 0 Å². The van der Waals surface area contributed by atoms with Crippen LogP contribution in [0.2, 0.25) is 0 Å². The fourth-order valence-corrected chi connectivity index (χ4v) is 2.82. The first-order valence-corrected chi connectivity index (χ1v) is 8.13. The molecule has 0 spiro atoms. The highest BCUT2D eigenvalue weighted by molar-refractivity contribution is 5.90. The summed E-state index contributed by atoms with van der Waals surface area (Å²) >= 11 is 0. The topological polar surface area (TPSA) is 55.3 Å². The average molecular weight is 323 g/mol. The highest BCUT2D eigenvalue weighted by Crippen LogP contribution is 2.19. The Hall–Kier alpha value is -2.69. The summed E-state index contributed by atoms with van der Waals surface area (Å²) in [7, 11) is 1.38. The monoisotopic (exact) mass is 323 g/mol. The normalized spacial score (nSPS) is 14.3. The van der Waals surface area contributed by atoms with Crippen LogP contribution in [-0.2, 0) is 4.74 Å². The summed E-state index contributed by atoms with van der Waals surface area (Å²) in [5.41, 5.74) is 2.39. The summed E-state index contributed by atoms with van der Waals surface area (Å²) < 4.78 is 4.75. The fraction of sp³-hybridized carbons (Fsp3) is 0.316. The summed E-state index contributed by atoms with van der Waals surface area (Å²) in [6.07, 6.45) is 6.22. The first-order chi connectivity index (χ1) is 11.7. The van der Waals surface area contributed by atoms with Crippen LogP contribution >= 0.6 is 0 Å². The lowest BCUT2D eigenvalue weighted by atomic mass is 10.1. The maximum Gasteiger partial charge on any atom is 0.337 e. The maximum atomic E-state index is 11.6. The molecule has 0 atom stereocenters. The van der Waals surface area contributed by atoms with Crippen LogP contribution in [0.4, 0.5) is 5.82 Å². The van der Waals surface area contributed by atoms with Gasteiger partial charge in [-0.1, -0.05) is 18.2 Å². The van der Waals surface area contributed by atoms with Crippen molar-refractivity contribution >= 4 is 23.9 Å². The zero-order chi connectivity index (χ0) is 16.9. The van der Waals surface area contributed by atoms with E-state index < -0.39 is 0 Å². The number of hydrogen-bond acceptors (Lipinski definition) is 5. The quantitative estimate of drug-likeness (QED) is 0.808. The van der Waals surface area contributed by atoms with Gasteiger partial charge in [-0.25, -0.2) is 14.8 Å². The standard InChI is InChI=1S/C19H21N3O2/c1-14-12-18(22-10-3-4-11-22)21-17(20-14)9-8-15-6-5-7-16(13-15)19(23)24-2/h5-9,12-13H,3-4,10-11H2,1-2H3. The molecule has 5 nitrogen and oxygen atoms in total. The lowest BCUT2D eigenvalue weighted by molar-refractivity contribution is 0.0600. The number of anilines is 1. The van der Waals surface area contributed by atoms with E-state index in [0.29, 0.717) is 11.4 Å². The Balaban J connectivity index is 1.82. The molecule has 0 unspecified atom stereocenters. The molecule has 1 aliphatic rings. The summed E-state index contributed by atoms with van der Waals surface area (Å²) in [5.74, 6) is 1.33. The SMILES string of the molecule is COC(=O)c1cccc(C=Cc2nc(C)cc(N3CCCC3)n2)c1. The molecule has 5 heteroatoms. The molecule has 1 saturated heterocycles. The second-order valence-electron chi connectivity index (χ2n) is 5.87. The molecule has 24 heavy (non-hydrogen) atoms. The number of carbonyl (C=O) groups excluding carboxylic acids is 1. The summed E-state index contributed by atoms with van der Waals surface area (Å²) in [4.78, 5) is 23.0. The van der Waals surface area contributed by atoms with Gasteiger partial charge in [0.15, 0.2) is 5.82 Å². The van der Waals surface area contributed by atoms with E-state index in [1.54, 1.807) is 12.1 Å². The number of aromatic nitrogens is 2. The Kier molecular flexibility index (Phi) is 4.89. The number of aryl methyl sites for hydroxylation is 1. The van der Waals surface area contributed by atoms with Crippen LogP contribution in [0.15, 0.2) is 30.3 Å². The maximum absolute atomic E-state index is 11.6. The molecule has 0 saturated carbocycles. The van der Waals surface area contributed by atoms with Crippen LogP contribution in [0, 0.1) is 6.92 Å². The predicted molar refractivity (Wildman–Crippen MR) is 94.9 cm³/mol. The summed E-state index contributed by atoms with van der Waals surface area (Å²) in [6, 6.07) is 9.32. The number of esters is 1. The second kappa shape index (κ2) is 7.25. The molecular formula is C19H21N3O2. The van der Waals surface area contributed by atoms with Crippen molar-refractivity contribution in [3.8, 4) is 0 Å². The molecule has 1 aliphatic heterocycles. The summed E-state index contributed by atoms with van der Waals surface area (Å²) in [6.45, 7) is 4.10. The first kappa shape index (κ1) is 16.2. The molecule has 0 amide bonds. The molecule has 2 aromatic rings. The third-order valence-corrected chi connectivity index (χ3v) is 4.02. The van der Waals surface area contributed by atoms with Crippen molar-refractivity contribution in [2.45, 2.75) is 19.8 Å². The smallest absolute Gasteiger partial charge is 0.337 e. The lowest BCUT2D eigenvalue weighted by Crippen LogP contribution is -2.19. The zero-order valence-electron chi connectivity index (χ0n) is 14.0. The van der Waals surface area contributed by atoms with Crippen LogP contribution in [0.25, 0.3) is 12.2 Å². The molecule has 1 aromatic carbocycles. The van der Waals surface area contributed by atoms with Crippen LogP contribution in [-0.4, -0.2) is 36.1 Å². The predicted octanol–water partition coefficient (Wildman–Crippen LogP) is 3.34. The number of benzene rings is 1. The molecule has 0 aliphatic carbocycles. The third kappa shape index (κ3) is 3.79. The van der Waals surface area contributed by atoms with Gasteiger partial charge in [0.25, 0.3) is 0 Å². The Morgan fingerprint density at radius 3 is 2.71 bits per heavy atom. The Morgan fingerprint density at radius 1 is 1.17 bits per heavy atom. The van der Waals surface area contributed by atoms with Gasteiger partial charge >= 0.3 is 5.97 Å². The number of ether oxygens (including phenoxy) is 1. The number of carbonyl (C=O) groups is 1. The van der Waals surface area contributed by atoms with Crippen LogP contribution in [0.1, 0.15) is 40.3 Å². The minimum Gasteiger partial charge on any atom is -0.465 e.